The number of aliphatic carboxylic acids is 1. The Morgan fingerprint density at radius 1 is 1.28 bits per heavy atom. The summed E-state index contributed by atoms with van der Waals surface area (Å²) in [6, 6.07) is 3.71. The standard InChI is InChI=1S/C14H16O4/c1-7-4-8(2)12(11(5-7)18-3)13(15)9-6-10(9)14(16)17/h4-5,9-10H,6H2,1-3H3,(H,16,17). The fraction of sp³-hybridized carbons (Fsp3) is 0.429. The zero-order valence-corrected chi connectivity index (χ0v) is 10.7. The number of ether oxygens (including phenoxy) is 1. The molecule has 2 atom stereocenters. The van der Waals surface area contributed by atoms with Crippen molar-refractivity contribution in [2.75, 3.05) is 7.11 Å². The van der Waals surface area contributed by atoms with E-state index in [0.29, 0.717) is 17.7 Å². The zero-order valence-electron chi connectivity index (χ0n) is 10.7. The van der Waals surface area contributed by atoms with Crippen LogP contribution in [-0.4, -0.2) is 24.0 Å². The van der Waals surface area contributed by atoms with E-state index in [-0.39, 0.29) is 5.78 Å². The topological polar surface area (TPSA) is 63.6 Å². The van der Waals surface area contributed by atoms with Gasteiger partial charge in [-0.25, -0.2) is 0 Å². The minimum absolute atomic E-state index is 0.114. The number of carboxylic acid groups (broad SMARTS) is 1. The molecule has 0 spiro atoms. The van der Waals surface area contributed by atoms with E-state index in [0.717, 1.165) is 11.1 Å². The van der Waals surface area contributed by atoms with E-state index in [1.54, 1.807) is 6.07 Å². The van der Waals surface area contributed by atoms with Crippen molar-refractivity contribution in [2.24, 2.45) is 11.8 Å². The number of carbonyl (C=O) groups excluding carboxylic acids is 1. The molecule has 0 aromatic heterocycles. The summed E-state index contributed by atoms with van der Waals surface area (Å²) >= 11 is 0. The maximum absolute atomic E-state index is 12.3. The molecule has 1 aromatic carbocycles. The number of hydrogen-bond acceptors (Lipinski definition) is 3. The molecule has 0 radical (unpaired) electrons. The number of ketones is 1. The lowest BCUT2D eigenvalue weighted by Crippen LogP contribution is -2.11. The van der Waals surface area contributed by atoms with E-state index >= 15 is 0 Å². The number of carboxylic acids is 1. The molecule has 0 saturated heterocycles. The first-order valence-electron chi connectivity index (χ1n) is 5.88. The van der Waals surface area contributed by atoms with Crippen LogP contribution in [0.4, 0.5) is 0 Å². The van der Waals surface area contributed by atoms with Crippen LogP contribution in [0.1, 0.15) is 27.9 Å². The van der Waals surface area contributed by atoms with Crippen molar-refractivity contribution < 1.29 is 19.4 Å². The summed E-state index contributed by atoms with van der Waals surface area (Å²) in [5.41, 5.74) is 2.39. The van der Waals surface area contributed by atoms with Crippen molar-refractivity contribution in [3.8, 4) is 5.75 Å². The number of methoxy groups -OCH3 is 1. The van der Waals surface area contributed by atoms with Gasteiger partial charge < -0.3 is 9.84 Å². The minimum Gasteiger partial charge on any atom is -0.496 e. The lowest BCUT2D eigenvalue weighted by atomic mass is 9.97. The predicted molar refractivity (Wildman–Crippen MR) is 66.0 cm³/mol. The van der Waals surface area contributed by atoms with Crippen molar-refractivity contribution in [1.82, 2.24) is 0 Å². The molecule has 0 aliphatic heterocycles. The third-order valence-electron chi connectivity index (χ3n) is 3.35. The van der Waals surface area contributed by atoms with Crippen LogP contribution in [0.15, 0.2) is 12.1 Å². The third-order valence-corrected chi connectivity index (χ3v) is 3.35. The van der Waals surface area contributed by atoms with Gasteiger partial charge in [-0.2, -0.15) is 0 Å². The molecule has 1 fully saturated rings. The van der Waals surface area contributed by atoms with Crippen molar-refractivity contribution in [3.05, 3.63) is 28.8 Å². The van der Waals surface area contributed by atoms with Crippen molar-refractivity contribution in [3.63, 3.8) is 0 Å². The SMILES string of the molecule is COc1cc(C)cc(C)c1C(=O)C1CC1C(=O)O. The number of hydrogen-bond donors (Lipinski definition) is 1. The Morgan fingerprint density at radius 2 is 1.94 bits per heavy atom. The Balaban J connectivity index is 2.34. The molecule has 18 heavy (non-hydrogen) atoms. The highest BCUT2D eigenvalue weighted by atomic mass is 16.5. The van der Waals surface area contributed by atoms with Crippen molar-refractivity contribution in [2.45, 2.75) is 20.3 Å². The molecule has 1 N–H and O–H groups in total. The first kappa shape index (κ1) is 12.6. The highest BCUT2D eigenvalue weighted by Crippen LogP contribution is 2.43. The van der Waals surface area contributed by atoms with E-state index in [9.17, 15) is 9.59 Å². The molecule has 4 heteroatoms. The fourth-order valence-electron chi connectivity index (χ4n) is 2.35. The second-order valence-corrected chi connectivity index (χ2v) is 4.81. The quantitative estimate of drug-likeness (QED) is 0.830. The van der Waals surface area contributed by atoms with Crippen molar-refractivity contribution in [1.29, 1.82) is 0 Å². The summed E-state index contributed by atoms with van der Waals surface area (Å²) < 4.78 is 5.23. The third kappa shape index (κ3) is 2.10. The Labute approximate surface area is 106 Å². The normalized spacial score (nSPS) is 21.5. The summed E-state index contributed by atoms with van der Waals surface area (Å²) in [6.45, 7) is 3.78. The molecule has 1 saturated carbocycles. The maximum Gasteiger partial charge on any atom is 0.307 e. The average Bonchev–Trinajstić information content (AvgIpc) is 3.06. The molecular formula is C14H16O4. The molecular weight excluding hydrogens is 232 g/mol. The van der Waals surface area contributed by atoms with E-state index in [1.807, 2.05) is 19.9 Å². The van der Waals surface area contributed by atoms with Crippen LogP contribution in [0.5, 0.6) is 5.75 Å². The zero-order chi connectivity index (χ0) is 13.4. The average molecular weight is 248 g/mol. The molecule has 2 rings (SSSR count). The van der Waals surface area contributed by atoms with Crippen LogP contribution in [0, 0.1) is 25.7 Å². The Hall–Kier alpha value is -1.84. The Morgan fingerprint density at radius 3 is 2.44 bits per heavy atom. The molecule has 1 aromatic rings. The maximum atomic E-state index is 12.3. The number of carbonyl (C=O) groups is 2. The second-order valence-electron chi connectivity index (χ2n) is 4.81. The van der Waals surface area contributed by atoms with Gasteiger partial charge in [0, 0.05) is 5.92 Å². The van der Waals surface area contributed by atoms with Gasteiger partial charge in [0.2, 0.25) is 0 Å². The Bertz CT molecular complexity index is 519. The largest absolute Gasteiger partial charge is 0.496 e. The van der Waals surface area contributed by atoms with E-state index in [1.165, 1.54) is 7.11 Å². The van der Waals surface area contributed by atoms with Gasteiger partial charge in [-0.05, 0) is 37.5 Å². The smallest absolute Gasteiger partial charge is 0.307 e. The van der Waals surface area contributed by atoms with E-state index < -0.39 is 17.8 Å². The first-order chi connectivity index (χ1) is 8.45. The molecule has 1 aliphatic rings. The number of benzene rings is 1. The molecule has 1 aliphatic carbocycles. The summed E-state index contributed by atoms with van der Waals surface area (Å²) in [5, 5.41) is 8.88. The number of rotatable bonds is 4. The van der Waals surface area contributed by atoms with Crippen LogP contribution in [-0.2, 0) is 4.79 Å². The van der Waals surface area contributed by atoms with E-state index in [2.05, 4.69) is 0 Å². The number of Topliss-reactive ketones (excluding diaryl/α,β-unsaturated/α-hetero) is 1. The summed E-state index contributed by atoms with van der Waals surface area (Å²) in [5.74, 6) is -1.39. The number of aryl methyl sites for hydroxylation is 2. The summed E-state index contributed by atoms with van der Waals surface area (Å²) in [6.07, 6.45) is 0.435. The van der Waals surface area contributed by atoms with Crippen LogP contribution in [0.25, 0.3) is 0 Å². The Kier molecular flexibility index (Phi) is 3.11. The molecule has 0 amide bonds. The van der Waals surface area contributed by atoms with Crippen molar-refractivity contribution >= 4 is 11.8 Å². The van der Waals surface area contributed by atoms with Gasteiger partial charge in [0.15, 0.2) is 5.78 Å². The fourth-order valence-corrected chi connectivity index (χ4v) is 2.35. The van der Waals surface area contributed by atoms with Gasteiger partial charge in [0.05, 0.1) is 18.6 Å². The molecule has 2 unspecified atom stereocenters. The molecule has 0 heterocycles. The first-order valence-corrected chi connectivity index (χ1v) is 5.88. The minimum atomic E-state index is -0.892. The van der Waals surface area contributed by atoms with Gasteiger partial charge in [0.25, 0.3) is 0 Å². The van der Waals surface area contributed by atoms with Gasteiger partial charge in [-0.1, -0.05) is 6.07 Å². The molecule has 4 nitrogen and oxygen atoms in total. The van der Waals surface area contributed by atoms with Gasteiger partial charge >= 0.3 is 5.97 Å². The van der Waals surface area contributed by atoms with Crippen LogP contribution >= 0.6 is 0 Å². The highest BCUT2D eigenvalue weighted by molar-refractivity contribution is 6.05. The van der Waals surface area contributed by atoms with Crippen LogP contribution < -0.4 is 4.74 Å². The predicted octanol–water partition coefficient (Wildman–Crippen LogP) is 2.22. The van der Waals surface area contributed by atoms with Gasteiger partial charge in [-0.15, -0.1) is 0 Å². The molecule has 96 valence electrons. The lowest BCUT2D eigenvalue weighted by Gasteiger charge is -2.11. The second kappa shape index (κ2) is 4.44. The van der Waals surface area contributed by atoms with Crippen LogP contribution in [0.3, 0.4) is 0 Å². The summed E-state index contributed by atoms with van der Waals surface area (Å²) in [7, 11) is 1.52. The van der Waals surface area contributed by atoms with Gasteiger partial charge in [-0.3, -0.25) is 9.59 Å². The monoisotopic (exact) mass is 248 g/mol. The summed E-state index contributed by atoms with van der Waals surface area (Å²) in [4.78, 5) is 23.1. The lowest BCUT2D eigenvalue weighted by molar-refractivity contribution is -0.138. The van der Waals surface area contributed by atoms with Crippen LogP contribution in [0.2, 0.25) is 0 Å². The highest BCUT2D eigenvalue weighted by Gasteiger charge is 2.49. The van der Waals surface area contributed by atoms with Gasteiger partial charge in [0.1, 0.15) is 5.75 Å². The molecule has 0 bridgehead atoms. The van der Waals surface area contributed by atoms with E-state index in [4.69, 9.17) is 9.84 Å².